The van der Waals surface area contributed by atoms with E-state index >= 15 is 0 Å². The molecule has 0 saturated carbocycles. The number of hydrogen-bond donors (Lipinski definition) is 2. The molecule has 1 aromatic carbocycles. The van der Waals surface area contributed by atoms with E-state index in [1.807, 2.05) is 13.0 Å². The van der Waals surface area contributed by atoms with Gasteiger partial charge < -0.3 is 15.6 Å². The molecule has 1 rings (SSSR count). The Balaban J connectivity index is 2.90. The molecule has 0 aliphatic heterocycles. The van der Waals surface area contributed by atoms with Gasteiger partial charge in [-0.05, 0) is 44.0 Å². The van der Waals surface area contributed by atoms with E-state index < -0.39 is 0 Å². The third kappa shape index (κ3) is 3.39. The van der Waals surface area contributed by atoms with Crippen LogP contribution in [0.15, 0.2) is 16.6 Å². The Kier molecular flexibility index (Phi) is 4.91. The maximum absolute atomic E-state index is 9.59. The predicted octanol–water partition coefficient (Wildman–Crippen LogP) is 2.44. The van der Waals surface area contributed by atoms with Gasteiger partial charge in [0, 0.05) is 4.47 Å². The monoisotopic (exact) mass is 273 g/mol. The SMILES string of the molecule is CCOc1cc(CCCN)c(Br)cc1O. The Morgan fingerprint density at radius 2 is 2.20 bits per heavy atom. The molecule has 0 aromatic heterocycles. The van der Waals surface area contributed by atoms with Gasteiger partial charge >= 0.3 is 0 Å². The molecular formula is C11H16BrNO2. The number of hydrogen-bond acceptors (Lipinski definition) is 3. The molecule has 0 unspecified atom stereocenters. The van der Waals surface area contributed by atoms with E-state index in [1.54, 1.807) is 6.07 Å². The molecule has 0 amide bonds. The first-order chi connectivity index (χ1) is 7.19. The van der Waals surface area contributed by atoms with Crippen LogP contribution in [-0.2, 0) is 6.42 Å². The van der Waals surface area contributed by atoms with Gasteiger partial charge in [-0.3, -0.25) is 0 Å². The zero-order valence-corrected chi connectivity index (χ0v) is 10.4. The molecule has 3 N–H and O–H groups in total. The molecule has 0 atom stereocenters. The summed E-state index contributed by atoms with van der Waals surface area (Å²) in [5.41, 5.74) is 6.57. The van der Waals surface area contributed by atoms with Gasteiger partial charge in [-0.25, -0.2) is 0 Å². The van der Waals surface area contributed by atoms with Crippen LogP contribution in [0.1, 0.15) is 18.9 Å². The van der Waals surface area contributed by atoms with Gasteiger partial charge in [0.25, 0.3) is 0 Å². The van der Waals surface area contributed by atoms with Crippen LogP contribution in [0, 0.1) is 0 Å². The van der Waals surface area contributed by atoms with E-state index in [0.29, 0.717) is 18.9 Å². The summed E-state index contributed by atoms with van der Waals surface area (Å²) in [5.74, 6) is 0.702. The highest BCUT2D eigenvalue weighted by Gasteiger charge is 2.07. The number of ether oxygens (including phenoxy) is 1. The van der Waals surface area contributed by atoms with E-state index in [2.05, 4.69) is 15.9 Å². The minimum Gasteiger partial charge on any atom is -0.504 e. The summed E-state index contributed by atoms with van der Waals surface area (Å²) in [4.78, 5) is 0. The highest BCUT2D eigenvalue weighted by atomic mass is 79.9. The van der Waals surface area contributed by atoms with Crippen molar-refractivity contribution < 1.29 is 9.84 Å². The molecule has 0 spiro atoms. The number of halogens is 1. The van der Waals surface area contributed by atoms with Crippen molar-refractivity contribution in [2.75, 3.05) is 13.2 Å². The van der Waals surface area contributed by atoms with Crippen molar-refractivity contribution >= 4 is 15.9 Å². The molecule has 3 nitrogen and oxygen atoms in total. The zero-order chi connectivity index (χ0) is 11.3. The fraction of sp³-hybridized carbons (Fsp3) is 0.455. The summed E-state index contributed by atoms with van der Waals surface area (Å²) in [6.07, 6.45) is 1.81. The van der Waals surface area contributed by atoms with Gasteiger partial charge in [0.05, 0.1) is 6.61 Å². The number of phenolic OH excluding ortho intramolecular Hbond substituents is 1. The normalized spacial score (nSPS) is 10.3. The van der Waals surface area contributed by atoms with Crippen LogP contribution < -0.4 is 10.5 Å². The molecular weight excluding hydrogens is 258 g/mol. The molecule has 4 heteroatoms. The minimum atomic E-state index is 0.167. The second-order valence-corrected chi connectivity index (χ2v) is 4.09. The van der Waals surface area contributed by atoms with Crippen molar-refractivity contribution in [1.82, 2.24) is 0 Å². The molecule has 84 valence electrons. The number of rotatable bonds is 5. The van der Waals surface area contributed by atoms with Gasteiger partial charge in [0.1, 0.15) is 0 Å². The quantitative estimate of drug-likeness (QED) is 0.867. The molecule has 0 heterocycles. The lowest BCUT2D eigenvalue weighted by atomic mass is 10.1. The van der Waals surface area contributed by atoms with Crippen molar-refractivity contribution in [2.24, 2.45) is 5.73 Å². The molecule has 0 aliphatic rings. The Morgan fingerprint density at radius 3 is 2.80 bits per heavy atom. The smallest absolute Gasteiger partial charge is 0.161 e. The van der Waals surface area contributed by atoms with Gasteiger partial charge in [0.2, 0.25) is 0 Å². The average molecular weight is 274 g/mol. The third-order valence-corrected chi connectivity index (χ3v) is 2.82. The van der Waals surface area contributed by atoms with Crippen LogP contribution in [0.4, 0.5) is 0 Å². The Bertz CT molecular complexity index is 329. The molecule has 15 heavy (non-hydrogen) atoms. The fourth-order valence-electron chi connectivity index (χ4n) is 1.34. The topological polar surface area (TPSA) is 55.5 Å². The van der Waals surface area contributed by atoms with Crippen LogP contribution in [0.5, 0.6) is 11.5 Å². The lowest BCUT2D eigenvalue weighted by Crippen LogP contribution is -2.01. The highest BCUT2D eigenvalue weighted by molar-refractivity contribution is 9.10. The van der Waals surface area contributed by atoms with Crippen LogP contribution in [-0.4, -0.2) is 18.3 Å². The summed E-state index contributed by atoms with van der Waals surface area (Å²) in [6.45, 7) is 3.10. The van der Waals surface area contributed by atoms with Crippen LogP contribution in [0.3, 0.4) is 0 Å². The summed E-state index contributed by atoms with van der Waals surface area (Å²) < 4.78 is 6.21. The van der Waals surface area contributed by atoms with E-state index in [4.69, 9.17) is 10.5 Å². The van der Waals surface area contributed by atoms with Crippen molar-refractivity contribution in [3.8, 4) is 11.5 Å². The van der Waals surface area contributed by atoms with Crippen molar-refractivity contribution in [3.05, 3.63) is 22.2 Å². The van der Waals surface area contributed by atoms with Crippen molar-refractivity contribution in [1.29, 1.82) is 0 Å². The highest BCUT2D eigenvalue weighted by Crippen LogP contribution is 2.33. The summed E-state index contributed by atoms with van der Waals surface area (Å²) in [5, 5.41) is 9.59. The molecule has 0 radical (unpaired) electrons. The fourth-order valence-corrected chi connectivity index (χ4v) is 1.87. The first kappa shape index (κ1) is 12.3. The second-order valence-electron chi connectivity index (χ2n) is 3.24. The van der Waals surface area contributed by atoms with E-state index in [0.717, 1.165) is 22.9 Å². The molecule has 0 saturated heterocycles. The van der Waals surface area contributed by atoms with E-state index in [1.165, 1.54) is 0 Å². The van der Waals surface area contributed by atoms with Gasteiger partial charge in [-0.2, -0.15) is 0 Å². The predicted molar refractivity (Wildman–Crippen MR) is 64.4 cm³/mol. The summed E-state index contributed by atoms with van der Waals surface area (Å²) in [6, 6.07) is 3.52. The van der Waals surface area contributed by atoms with Crippen LogP contribution >= 0.6 is 15.9 Å². The number of nitrogens with two attached hydrogens (primary N) is 1. The Morgan fingerprint density at radius 1 is 1.47 bits per heavy atom. The van der Waals surface area contributed by atoms with Crippen LogP contribution in [0.2, 0.25) is 0 Å². The van der Waals surface area contributed by atoms with Gasteiger partial charge in [0.15, 0.2) is 11.5 Å². The average Bonchev–Trinajstić information content (AvgIpc) is 2.20. The van der Waals surface area contributed by atoms with Crippen molar-refractivity contribution in [2.45, 2.75) is 19.8 Å². The lowest BCUT2D eigenvalue weighted by Gasteiger charge is -2.10. The van der Waals surface area contributed by atoms with Gasteiger partial charge in [-0.15, -0.1) is 0 Å². The number of benzene rings is 1. The van der Waals surface area contributed by atoms with E-state index in [-0.39, 0.29) is 5.75 Å². The van der Waals surface area contributed by atoms with Crippen molar-refractivity contribution in [3.63, 3.8) is 0 Å². The Hall–Kier alpha value is -0.740. The third-order valence-electron chi connectivity index (χ3n) is 2.08. The maximum Gasteiger partial charge on any atom is 0.161 e. The Labute approximate surface area is 98.4 Å². The molecule has 0 fully saturated rings. The number of phenols is 1. The first-order valence-electron chi connectivity index (χ1n) is 5.03. The number of aromatic hydroxyl groups is 1. The summed E-state index contributed by atoms with van der Waals surface area (Å²) in [7, 11) is 0. The molecule has 1 aromatic rings. The number of aryl methyl sites for hydroxylation is 1. The summed E-state index contributed by atoms with van der Waals surface area (Å²) >= 11 is 3.41. The maximum atomic E-state index is 9.59. The first-order valence-corrected chi connectivity index (χ1v) is 5.82. The largest absolute Gasteiger partial charge is 0.504 e. The molecule has 0 bridgehead atoms. The van der Waals surface area contributed by atoms with Gasteiger partial charge in [-0.1, -0.05) is 15.9 Å². The minimum absolute atomic E-state index is 0.167. The molecule has 0 aliphatic carbocycles. The standard InChI is InChI=1S/C11H16BrNO2/c1-2-15-11-6-8(4-3-5-13)9(12)7-10(11)14/h6-7,14H,2-5,13H2,1H3. The van der Waals surface area contributed by atoms with Crippen LogP contribution in [0.25, 0.3) is 0 Å². The lowest BCUT2D eigenvalue weighted by molar-refractivity contribution is 0.317. The zero-order valence-electron chi connectivity index (χ0n) is 8.79. The second kappa shape index (κ2) is 5.98. The van der Waals surface area contributed by atoms with E-state index in [9.17, 15) is 5.11 Å².